The molecule has 5 heteroatoms. The van der Waals surface area contributed by atoms with Gasteiger partial charge in [0.05, 0.1) is 0 Å². The number of aromatic hydroxyl groups is 3. The highest BCUT2D eigenvalue weighted by molar-refractivity contribution is 5.71. The van der Waals surface area contributed by atoms with Crippen molar-refractivity contribution in [2.45, 2.75) is 13.8 Å². The first-order valence-electron chi connectivity index (χ1n) is 3.58. The van der Waals surface area contributed by atoms with Gasteiger partial charge in [0, 0.05) is 11.1 Å². The molecule has 0 saturated carbocycles. The van der Waals surface area contributed by atoms with E-state index in [9.17, 15) is 20.2 Å². The highest BCUT2D eigenvalue weighted by atomic mass is 16.3. The summed E-state index contributed by atoms with van der Waals surface area (Å²) in [5, 5.41) is 30.3. The zero-order chi connectivity index (χ0) is 10.2. The number of nitrogens with zero attached hydrogens (tertiary/aromatic N) is 1. The van der Waals surface area contributed by atoms with Gasteiger partial charge in [0.1, 0.15) is 5.75 Å². The van der Waals surface area contributed by atoms with Gasteiger partial charge >= 0.3 is 0 Å². The molecular formula is C8H9NO4. The van der Waals surface area contributed by atoms with Crippen LogP contribution in [0.3, 0.4) is 0 Å². The van der Waals surface area contributed by atoms with E-state index in [1.807, 2.05) is 0 Å². The Morgan fingerprint density at radius 2 is 1.31 bits per heavy atom. The van der Waals surface area contributed by atoms with Crippen molar-refractivity contribution < 1.29 is 15.3 Å². The topological polar surface area (TPSA) is 90.1 Å². The third-order valence-electron chi connectivity index (χ3n) is 1.96. The molecule has 1 rings (SSSR count). The maximum absolute atomic E-state index is 10.2. The fourth-order valence-corrected chi connectivity index (χ4v) is 1.06. The molecule has 0 heterocycles. The Labute approximate surface area is 74.2 Å². The molecule has 0 aromatic heterocycles. The second kappa shape index (κ2) is 2.93. The van der Waals surface area contributed by atoms with Crippen LogP contribution >= 0.6 is 0 Å². The molecule has 13 heavy (non-hydrogen) atoms. The first-order valence-corrected chi connectivity index (χ1v) is 3.58. The van der Waals surface area contributed by atoms with Crippen molar-refractivity contribution in [1.29, 1.82) is 0 Å². The van der Waals surface area contributed by atoms with Crippen LogP contribution in [0.1, 0.15) is 11.1 Å². The van der Waals surface area contributed by atoms with Gasteiger partial charge in [-0.15, -0.1) is 4.91 Å². The summed E-state index contributed by atoms with van der Waals surface area (Å²) in [6, 6.07) is 0. The van der Waals surface area contributed by atoms with E-state index in [1.165, 1.54) is 13.8 Å². The van der Waals surface area contributed by atoms with Gasteiger partial charge < -0.3 is 15.3 Å². The standard InChI is InChI=1S/C8H9NO4/c1-3-6(10)4(2)8(12)5(9-13)7(3)11/h10-12H,1-2H3. The van der Waals surface area contributed by atoms with Gasteiger partial charge in [0.25, 0.3) is 0 Å². The van der Waals surface area contributed by atoms with Crippen LogP contribution in [-0.4, -0.2) is 15.3 Å². The normalized spacial score (nSPS) is 10.0. The molecule has 0 aliphatic rings. The average Bonchev–Trinajstić information content (AvgIpc) is 2.13. The molecule has 0 spiro atoms. The minimum Gasteiger partial charge on any atom is -0.507 e. The minimum atomic E-state index is -0.490. The van der Waals surface area contributed by atoms with Gasteiger partial charge in [0.15, 0.2) is 17.2 Å². The quantitative estimate of drug-likeness (QED) is 0.579. The predicted octanol–water partition coefficient (Wildman–Crippen LogP) is 1.82. The number of hydrogen-bond donors (Lipinski definition) is 3. The molecule has 0 unspecified atom stereocenters. The summed E-state index contributed by atoms with van der Waals surface area (Å²) >= 11 is 0. The van der Waals surface area contributed by atoms with Crippen LogP contribution < -0.4 is 0 Å². The summed E-state index contributed by atoms with van der Waals surface area (Å²) in [5.74, 6) is -1.21. The number of phenols is 3. The van der Waals surface area contributed by atoms with Crippen molar-refractivity contribution in [1.82, 2.24) is 0 Å². The third kappa shape index (κ3) is 1.18. The van der Waals surface area contributed by atoms with Crippen molar-refractivity contribution in [3.05, 3.63) is 16.0 Å². The average molecular weight is 183 g/mol. The molecule has 0 fully saturated rings. The predicted molar refractivity (Wildman–Crippen MR) is 46.4 cm³/mol. The van der Waals surface area contributed by atoms with Gasteiger partial charge in [-0.1, -0.05) is 0 Å². The first kappa shape index (κ1) is 9.31. The van der Waals surface area contributed by atoms with Crippen molar-refractivity contribution in [2.24, 2.45) is 5.18 Å². The summed E-state index contributed by atoms with van der Waals surface area (Å²) in [6.45, 7) is 2.84. The molecule has 70 valence electrons. The lowest BCUT2D eigenvalue weighted by atomic mass is 10.1. The molecule has 3 N–H and O–H groups in total. The van der Waals surface area contributed by atoms with Crippen LogP contribution in [0.5, 0.6) is 17.2 Å². The molecule has 0 amide bonds. The summed E-state index contributed by atoms with van der Waals surface area (Å²) < 4.78 is 0. The van der Waals surface area contributed by atoms with E-state index < -0.39 is 17.2 Å². The summed E-state index contributed by atoms with van der Waals surface area (Å²) in [6.07, 6.45) is 0. The van der Waals surface area contributed by atoms with Gasteiger partial charge in [-0.25, -0.2) is 0 Å². The zero-order valence-corrected chi connectivity index (χ0v) is 7.20. The van der Waals surface area contributed by atoms with E-state index in [0.29, 0.717) is 0 Å². The van der Waals surface area contributed by atoms with Crippen LogP contribution in [-0.2, 0) is 0 Å². The molecule has 1 aromatic rings. The molecule has 0 aliphatic carbocycles. The monoisotopic (exact) mass is 183 g/mol. The summed E-state index contributed by atoms with van der Waals surface area (Å²) in [4.78, 5) is 10.2. The van der Waals surface area contributed by atoms with Crippen LogP contribution in [0.2, 0.25) is 0 Å². The maximum Gasteiger partial charge on any atom is 0.191 e. The van der Waals surface area contributed by atoms with E-state index in [4.69, 9.17) is 0 Å². The van der Waals surface area contributed by atoms with Crippen molar-refractivity contribution in [3.8, 4) is 17.2 Å². The number of phenolic OH excluding ortho intramolecular Hbond substituents is 3. The number of benzene rings is 1. The van der Waals surface area contributed by atoms with Crippen LogP contribution in [0, 0.1) is 18.8 Å². The minimum absolute atomic E-state index is 0.130. The number of rotatable bonds is 1. The van der Waals surface area contributed by atoms with E-state index >= 15 is 0 Å². The second-order valence-electron chi connectivity index (χ2n) is 2.74. The molecular weight excluding hydrogens is 174 g/mol. The Kier molecular flexibility index (Phi) is 2.10. The Bertz CT molecular complexity index is 344. The highest BCUT2D eigenvalue weighted by Gasteiger charge is 2.18. The summed E-state index contributed by atoms with van der Waals surface area (Å²) in [5.41, 5.74) is -0.178. The smallest absolute Gasteiger partial charge is 0.191 e. The fraction of sp³-hybridized carbons (Fsp3) is 0.250. The van der Waals surface area contributed by atoms with E-state index in [1.54, 1.807) is 0 Å². The van der Waals surface area contributed by atoms with Crippen molar-refractivity contribution >= 4 is 5.69 Å². The van der Waals surface area contributed by atoms with E-state index in [0.717, 1.165) is 0 Å². The molecule has 0 aliphatic heterocycles. The summed E-state index contributed by atoms with van der Waals surface area (Å²) in [7, 11) is 0. The van der Waals surface area contributed by atoms with Crippen LogP contribution in [0.25, 0.3) is 0 Å². The van der Waals surface area contributed by atoms with Crippen LogP contribution in [0.15, 0.2) is 5.18 Å². The molecule has 0 bridgehead atoms. The number of hydrogen-bond acceptors (Lipinski definition) is 5. The molecule has 5 nitrogen and oxygen atoms in total. The zero-order valence-electron chi connectivity index (χ0n) is 7.20. The highest BCUT2D eigenvalue weighted by Crippen LogP contribution is 2.46. The largest absolute Gasteiger partial charge is 0.507 e. The Balaban J connectivity index is 3.66. The molecule has 1 aromatic carbocycles. The fourth-order valence-electron chi connectivity index (χ4n) is 1.06. The molecule has 0 radical (unpaired) electrons. The van der Waals surface area contributed by atoms with Gasteiger partial charge in [-0.3, -0.25) is 0 Å². The molecule has 0 saturated heterocycles. The number of nitroso groups, excluding NO2 is 1. The Morgan fingerprint density at radius 3 is 1.62 bits per heavy atom. The van der Waals surface area contributed by atoms with E-state index in [2.05, 4.69) is 5.18 Å². The van der Waals surface area contributed by atoms with Crippen LogP contribution in [0.4, 0.5) is 5.69 Å². The van der Waals surface area contributed by atoms with Gasteiger partial charge in [-0.2, -0.15) is 0 Å². The SMILES string of the molecule is Cc1c(O)c(C)c(O)c(N=O)c1O. The second-order valence-corrected chi connectivity index (χ2v) is 2.74. The third-order valence-corrected chi connectivity index (χ3v) is 1.96. The lowest BCUT2D eigenvalue weighted by molar-refractivity contribution is 0.419. The Morgan fingerprint density at radius 1 is 0.923 bits per heavy atom. The van der Waals surface area contributed by atoms with Crippen molar-refractivity contribution in [2.75, 3.05) is 0 Å². The van der Waals surface area contributed by atoms with Gasteiger partial charge in [-0.05, 0) is 19.0 Å². The van der Waals surface area contributed by atoms with Crippen molar-refractivity contribution in [3.63, 3.8) is 0 Å². The Hall–Kier alpha value is -1.78. The lowest BCUT2D eigenvalue weighted by Gasteiger charge is -2.09. The first-order chi connectivity index (χ1) is 6.00. The maximum atomic E-state index is 10.2. The lowest BCUT2D eigenvalue weighted by Crippen LogP contribution is -1.84. The van der Waals surface area contributed by atoms with E-state index in [-0.39, 0.29) is 16.9 Å². The van der Waals surface area contributed by atoms with Gasteiger partial charge in [0.2, 0.25) is 0 Å². The molecule has 0 atom stereocenters.